The monoisotopic (exact) mass is 346 g/mol. The van der Waals surface area contributed by atoms with Gasteiger partial charge in [-0.25, -0.2) is 0 Å². The van der Waals surface area contributed by atoms with Gasteiger partial charge in [0.15, 0.2) is 0 Å². The highest BCUT2D eigenvalue weighted by molar-refractivity contribution is 9.10. The van der Waals surface area contributed by atoms with Gasteiger partial charge in [-0.2, -0.15) is 0 Å². The Morgan fingerprint density at radius 3 is 2.85 bits per heavy atom. The number of anilines is 1. The highest BCUT2D eigenvalue weighted by atomic mass is 79.9. The number of nitrogens with one attached hydrogen (secondary N) is 1. The van der Waals surface area contributed by atoms with Gasteiger partial charge in [-0.15, -0.1) is 11.3 Å². The van der Waals surface area contributed by atoms with Crippen LogP contribution in [-0.4, -0.2) is 4.98 Å². The molecule has 0 saturated carbocycles. The minimum Gasteiger partial charge on any atom is -0.377 e. The molecule has 0 saturated heterocycles. The first-order valence-corrected chi connectivity index (χ1v) is 8.18. The van der Waals surface area contributed by atoms with Crippen LogP contribution in [0.3, 0.4) is 0 Å². The molecular weight excluding hydrogens is 332 g/mol. The van der Waals surface area contributed by atoms with Crippen molar-refractivity contribution in [1.29, 1.82) is 0 Å². The van der Waals surface area contributed by atoms with Crippen LogP contribution in [0.5, 0.6) is 0 Å². The van der Waals surface area contributed by atoms with Crippen molar-refractivity contribution in [2.24, 2.45) is 0 Å². The number of halogens is 1. The van der Waals surface area contributed by atoms with Gasteiger partial charge in [0.05, 0.1) is 11.6 Å². The van der Waals surface area contributed by atoms with E-state index >= 15 is 0 Å². The maximum absolute atomic E-state index is 4.48. The number of pyridine rings is 1. The smallest absolute Gasteiger partial charge is 0.0751 e. The van der Waals surface area contributed by atoms with Gasteiger partial charge in [0.25, 0.3) is 0 Å². The summed E-state index contributed by atoms with van der Waals surface area (Å²) in [6.07, 6.45) is 1.85. The number of benzene rings is 1. The Hall–Kier alpha value is -1.39. The second kappa shape index (κ2) is 5.54. The summed E-state index contributed by atoms with van der Waals surface area (Å²) >= 11 is 5.36. The van der Waals surface area contributed by atoms with Crippen molar-refractivity contribution in [2.75, 3.05) is 5.32 Å². The van der Waals surface area contributed by atoms with Crippen molar-refractivity contribution in [3.05, 3.63) is 56.8 Å². The van der Waals surface area contributed by atoms with Gasteiger partial charge in [0.2, 0.25) is 0 Å². The molecule has 0 amide bonds. The van der Waals surface area contributed by atoms with E-state index in [1.807, 2.05) is 12.3 Å². The second-order valence-corrected chi connectivity index (χ2v) is 6.63. The number of hydrogen-bond acceptors (Lipinski definition) is 3. The van der Waals surface area contributed by atoms with Crippen LogP contribution >= 0.6 is 27.3 Å². The first kappa shape index (κ1) is 13.6. The van der Waals surface area contributed by atoms with Crippen LogP contribution in [0.1, 0.15) is 23.4 Å². The molecule has 0 aliphatic carbocycles. The van der Waals surface area contributed by atoms with Crippen molar-refractivity contribution in [2.45, 2.75) is 19.9 Å². The molecule has 2 nitrogen and oxygen atoms in total. The number of hydrogen-bond donors (Lipinski definition) is 1. The first-order valence-electron chi connectivity index (χ1n) is 6.50. The van der Waals surface area contributed by atoms with Crippen molar-refractivity contribution in [1.82, 2.24) is 4.98 Å². The van der Waals surface area contributed by atoms with Crippen LogP contribution in [0.2, 0.25) is 0 Å². The van der Waals surface area contributed by atoms with E-state index < -0.39 is 0 Å². The number of aromatic nitrogens is 1. The molecule has 102 valence electrons. The zero-order valence-electron chi connectivity index (χ0n) is 11.4. The van der Waals surface area contributed by atoms with E-state index in [4.69, 9.17) is 0 Å². The van der Waals surface area contributed by atoms with Crippen LogP contribution in [-0.2, 0) is 0 Å². The summed E-state index contributed by atoms with van der Waals surface area (Å²) in [6, 6.07) is 10.7. The molecule has 0 bridgehead atoms. The van der Waals surface area contributed by atoms with Gasteiger partial charge in [-0.1, -0.05) is 6.07 Å². The fourth-order valence-electron chi connectivity index (χ4n) is 2.35. The third-order valence-electron chi connectivity index (χ3n) is 3.38. The molecule has 2 heterocycles. The molecule has 0 aliphatic rings. The van der Waals surface area contributed by atoms with Crippen molar-refractivity contribution in [3.8, 4) is 0 Å². The topological polar surface area (TPSA) is 24.9 Å². The summed E-state index contributed by atoms with van der Waals surface area (Å²) in [7, 11) is 0. The van der Waals surface area contributed by atoms with E-state index in [9.17, 15) is 0 Å². The van der Waals surface area contributed by atoms with E-state index in [1.54, 1.807) is 11.3 Å². The van der Waals surface area contributed by atoms with Crippen LogP contribution in [0.4, 0.5) is 5.69 Å². The second-order valence-electron chi connectivity index (χ2n) is 4.83. The van der Waals surface area contributed by atoms with E-state index in [2.05, 4.69) is 69.7 Å². The van der Waals surface area contributed by atoms with Gasteiger partial charge < -0.3 is 5.32 Å². The Balaban J connectivity index is 1.99. The standard InChI is InChI=1S/C16H15BrN2S/c1-10-5-6-14(12-4-3-8-18-15(10)12)19-11(2)16-13(17)7-9-20-16/h3-9,11,19H,1-2H3. The Labute approximate surface area is 131 Å². The third-order valence-corrected chi connectivity index (χ3v) is 5.43. The highest BCUT2D eigenvalue weighted by Gasteiger charge is 2.12. The molecule has 0 fully saturated rings. The highest BCUT2D eigenvalue weighted by Crippen LogP contribution is 2.33. The van der Waals surface area contributed by atoms with E-state index in [1.165, 1.54) is 15.8 Å². The fourth-order valence-corrected chi connectivity index (χ4v) is 4.08. The molecule has 3 aromatic rings. The molecule has 1 aromatic carbocycles. The van der Waals surface area contributed by atoms with Gasteiger partial charge in [0, 0.05) is 26.6 Å². The molecule has 0 radical (unpaired) electrons. The summed E-state index contributed by atoms with van der Waals surface area (Å²) < 4.78 is 1.16. The molecular formula is C16H15BrN2S. The van der Waals surface area contributed by atoms with Gasteiger partial charge >= 0.3 is 0 Å². The Morgan fingerprint density at radius 1 is 1.25 bits per heavy atom. The summed E-state index contributed by atoms with van der Waals surface area (Å²) in [6.45, 7) is 4.27. The predicted molar refractivity (Wildman–Crippen MR) is 90.5 cm³/mol. The van der Waals surface area contributed by atoms with E-state index in [-0.39, 0.29) is 6.04 Å². The largest absolute Gasteiger partial charge is 0.377 e. The third kappa shape index (κ3) is 2.45. The lowest BCUT2D eigenvalue weighted by Crippen LogP contribution is -2.06. The van der Waals surface area contributed by atoms with Gasteiger partial charge in [-0.3, -0.25) is 4.98 Å². The lowest BCUT2D eigenvalue weighted by Gasteiger charge is -2.17. The zero-order valence-corrected chi connectivity index (χ0v) is 13.8. The summed E-state index contributed by atoms with van der Waals surface area (Å²) in [5.41, 5.74) is 3.40. The summed E-state index contributed by atoms with van der Waals surface area (Å²) in [4.78, 5) is 5.79. The zero-order chi connectivity index (χ0) is 14.1. The first-order chi connectivity index (χ1) is 9.66. The summed E-state index contributed by atoms with van der Waals surface area (Å²) in [5.74, 6) is 0. The quantitative estimate of drug-likeness (QED) is 0.673. The molecule has 2 aromatic heterocycles. The SMILES string of the molecule is Cc1ccc(NC(C)c2sccc2Br)c2cccnc12. The molecule has 20 heavy (non-hydrogen) atoms. The maximum atomic E-state index is 4.48. The Bertz CT molecular complexity index is 751. The van der Waals surface area contributed by atoms with Crippen LogP contribution in [0, 0.1) is 6.92 Å². The van der Waals surface area contributed by atoms with Gasteiger partial charge in [-0.05, 0) is 65.0 Å². The summed E-state index contributed by atoms with van der Waals surface area (Å²) in [5, 5.41) is 6.87. The number of rotatable bonds is 3. The number of fused-ring (bicyclic) bond motifs is 1. The van der Waals surface area contributed by atoms with E-state index in [0.29, 0.717) is 0 Å². The molecule has 1 N–H and O–H groups in total. The predicted octanol–water partition coefficient (Wildman–Crippen LogP) is 5.54. The molecule has 4 heteroatoms. The van der Waals surface area contributed by atoms with Crippen LogP contribution < -0.4 is 5.32 Å². The van der Waals surface area contributed by atoms with Gasteiger partial charge in [0.1, 0.15) is 0 Å². The van der Waals surface area contributed by atoms with E-state index in [0.717, 1.165) is 15.7 Å². The fraction of sp³-hybridized carbons (Fsp3) is 0.188. The molecule has 3 rings (SSSR count). The molecule has 0 spiro atoms. The minimum atomic E-state index is 0.260. The number of nitrogens with zero attached hydrogens (tertiary/aromatic N) is 1. The number of aryl methyl sites for hydroxylation is 1. The maximum Gasteiger partial charge on any atom is 0.0751 e. The Kier molecular flexibility index (Phi) is 3.76. The minimum absolute atomic E-state index is 0.260. The average molecular weight is 347 g/mol. The normalized spacial score (nSPS) is 12.6. The number of thiophene rings is 1. The lowest BCUT2D eigenvalue weighted by atomic mass is 10.1. The van der Waals surface area contributed by atoms with Crippen molar-refractivity contribution in [3.63, 3.8) is 0 Å². The van der Waals surface area contributed by atoms with Crippen LogP contribution in [0.25, 0.3) is 10.9 Å². The molecule has 0 aliphatic heterocycles. The average Bonchev–Trinajstić information content (AvgIpc) is 2.88. The Morgan fingerprint density at radius 2 is 2.10 bits per heavy atom. The lowest BCUT2D eigenvalue weighted by molar-refractivity contribution is 0.905. The van der Waals surface area contributed by atoms with Crippen molar-refractivity contribution < 1.29 is 0 Å². The van der Waals surface area contributed by atoms with Crippen molar-refractivity contribution >= 4 is 43.9 Å². The molecule has 1 atom stereocenters. The molecule has 1 unspecified atom stereocenters. The van der Waals surface area contributed by atoms with Crippen LogP contribution in [0.15, 0.2) is 46.4 Å².